The molecule has 1 nitrogen and oxygen atoms in total. The molecule has 0 aliphatic carbocycles. The van der Waals surface area contributed by atoms with Crippen LogP contribution in [0.3, 0.4) is 0 Å². The lowest BCUT2D eigenvalue weighted by molar-refractivity contribution is 1.06. The van der Waals surface area contributed by atoms with E-state index in [-0.39, 0.29) is 0 Å². The normalized spacial score (nSPS) is 8.57. The van der Waals surface area contributed by atoms with Crippen LogP contribution in [-0.2, 0) is 0 Å². The third-order valence-corrected chi connectivity index (χ3v) is 0.787. The van der Waals surface area contributed by atoms with E-state index in [0.29, 0.717) is 0 Å². The van der Waals surface area contributed by atoms with Crippen LogP contribution in [0.5, 0.6) is 0 Å². The van der Waals surface area contributed by atoms with Gasteiger partial charge in [-0.3, -0.25) is 0 Å². The SMILES string of the molecule is C=[C]n1cccc1. The maximum absolute atomic E-state index is 3.44. The van der Waals surface area contributed by atoms with Crippen molar-refractivity contribution in [3.63, 3.8) is 0 Å². The van der Waals surface area contributed by atoms with E-state index in [0.717, 1.165) is 0 Å². The van der Waals surface area contributed by atoms with Crippen LogP contribution in [0.15, 0.2) is 31.1 Å². The highest BCUT2D eigenvalue weighted by atomic mass is 14.9. The van der Waals surface area contributed by atoms with Gasteiger partial charge in [0.1, 0.15) is 0 Å². The summed E-state index contributed by atoms with van der Waals surface area (Å²) in [6.07, 6.45) is 6.44. The van der Waals surface area contributed by atoms with E-state index in [2.05, 4.69) is 12.8 Å². The molecule has 0 bridgehead atoms. The Hall–Kier alpha value is -0.980. The minimum atomic E-state index is 1.76. The molecule has 0 atom stereocenters. The van der Waals surface area contributed by atoms with Crippen molar-refractivity contribution in [1.82, 2.24) is 4.57 Å². The number of aromatic nitrogens is 1. The van der Waals surface area contributed by atoms with Crippen LogP contribution in [0, 0.1) is 6.20 Å². The molecule has 0 amide bonds. The molecular formula is C6H6N. The van der Waals surface area contributed by atoms with Crippen molar-refractivity contribution < 1.29 is 0 Å². The van der Waals surface area contributed by atoms with Gasteiger partial charge in [0, 0.05) is 12.4 Å². The quantitative estimate of drug-likeness (QED) is 0.491. The van der Waals surface area contributed by atoms with Gasteiger partial charge < -0.3 is 4.57 Å². The Balaban J connectivity index is 2.96. The fourth-order valence-corrected chi connectivity index (χ4v) is 0.440. The second-order valence-electron chi connectivity index (χ2n) is 1.25. The predicted octanol–water partition coefficient (Wildman–Crippen LogP) is 1.28. The lowest BCUT2D eigenvalue weighted by atomic mass is 10.7. The van der Waals surface area contributed by atoms with Crippen molar-refractivity contribution in [1.29, 1.82) is 0 Å². The maximum atomic E-state index is 3.44. The van der Waals surface area contributed by atoms with Crippen LogP contribution in [0.4, 0.5) is 0 Å². The molecule has 1 rings (SSSR count). The largest absolute Gasteiger partial charge is 0.322 e. The zero-order valence-corrected chi connectivity index (χ0v) is 3.96. The first-order valence-electron chi connectivity index (χ1n) is 2.09. The van der Waals surface area contributed by atoms with Crippen LogP contribution >= 0.6 is 0 Å². The molecule has 1 heteroatoms. The van der Waals surface area contributed by atoms with Gasteiger partial charge in [-0.1, -0.05) is 6.58 Å². The molecule has 0 saturated carbocycles. The summed E-state index contributed by atoms with van der Waals surface area (Å²) >= 11 is 0. The van der Waals surface area contributed by atoms with E-state index >= 15 is 0 Å². The lowest BCUT2D eigenvalue weighted by Crippen LogP contribution is -1.76. The second-order valence-corrected chi connectivity index (χ2v) is 1.25. The van der Waals surface area contributed by atoms with Crippen LogP contribution in [0.1, 0.15) is 0 Å². The van der Waals surface area contributed by atoms with Crippen molar-refractivity contribution in [3.05, 3.63) is 37.3 Å². The molecule has 35 valence electrons. The van der Waals surface area contributed by atoms with E-state index < -0.39 is 0 Å². The summed E-state index contributed by atoms with van der Waals surface area (Å²) in [7, 11) is 0. The van der Waals surface area contributed by atoms with Gasteiger partial charge in [-0.05, 0) is 12.1 Å². The van der Waals surface area contributed by atoms with E-state index in [1.807, 2.05) is 24.5 Å². The Morgan fingerprint density at radius 1 is 1.29 bits per heavy atom. The fourth-order valence-electron chi connectivity index (χ4n) is 0.440. The van der Waals surface area contributed by atoms with Crippen LogP contribution < -0.4 is 0 Å². The summed E-state index contributed by atoms with van der Waals surface area (Å²) in [5, 5.41) is 0. The van der Waals surface area contributed by atoms with Gasteiger partial charge in [0.05, 0.1) is 6.20 Å². The highest BCUT2D eigenvalue weighted by molar-refractivity contribution is 4.92. The zero-order valence-electron chi connectivity index (χ0n) is 3.96. The van der Waals surface area contributed by atoms with Gasteiger partial charge >= 0.3 is 0 Å². The molecule has 7 heavy (non-hydrogen) atoms. The minimum absolute atomic E-state index is 1.76. The van der Waals surface area contributed by atoms with Crippen molar-refractivity contribution in [2.75, 3.05) is 0 Å². The maximum Gasteiger partial charge on any atom is 0.0612 e. The summed E-state index contributed by atoms with van der Waals surface area (Å²) in [5.74, 6) is 0. The van der Waals surface area contributed by atoms with Gasteiger partial charge in [0.15, 0.2) is 0 Å². The molecule has 0 aliphatic heterocycles. The molecule has 0 aromatic carbocycles. The number of hydrogen-bond donors (Lipinski definition) is 0. The molecular weight excluding hydrogens is 86.1 g/mol. The molecule has 0 saturated heterocycles. The molecule has 1 aromatic heterocycles. The molecule has 0 aliphatic rings. The van der Waals surface area contributed by atoms with Gasteiger partial charge in [0.2, 0.25) is 0 Å². The van der Waals surface area contributed by atoms with E-state index in [1.165, 1.54) is 0 Å². The smallest absolute Gasteiger partial charge is 0.0612 e. The summed E-state index contributed by atoms with van der Waals surface area (Å²) < 4.78 is 1.76. The standard InChI is InChI=1S/C6H6N/c1-2-7-5-3-4-6-7/h3-6H,1H2. The highest BCUT2D eigenvalue weighted by Gasteiger charge is 1.72. The third kappa shape index (κ3) is 0.712. The van der Waals surface area contributed by atoms with Gasteiger partial charge in [-0.25, -0.2) is 0 Å². The van der Waals surface area contributed by atoms with Crippen molar-refractivity contribution >= 4 is 0 Å². The second kappa shape index (κ2) is 1.65. The van der Waals surface area contributed by atoms with Crippen molar-refractivity contribution in [2.45, 2.75) is 0 Å². The Morgan fingerprint density at radius 2 is 1.86 bits per heavy atom. The van der Waals surface area contributed by atoms with E-state index in [9.17, 15) is 0 Å². The first-order chi connectivity index (χ1) is 3.43. The molecule has 1 heterocycles. The van der Waals surface area contributed by atoms with Crippen molar-refractivity contribution in [3.8, 4) is 0 Å². The third-order valence-electron chi connectivity index (χ3n) is 0.787. The monoisotopic (exact) mass is 92.1 g/mol. The first-order valence-corrected chi connectivity index (χ1v) is 2.09. The fraction of sp³-hybridized carbons (Fsp3) is 0. The predicted molar refractivity (Wildman–Crippen MR) is 28.7 cm³/mol. The molecule has 1 aromatic rings. The average molecular weight is 92.1 g/mol. The Bertz CT molecular complexity index is 139. The molecule has 0 unspecified atom stereocenters. The Kier molecular flexibility index (Phi) is 0.984. The van der Waals surface area contributed by atoms with Gasteiger partial charge in [-0.15, -0.1) is 0 Å². The first kappa shape index (κ1) is 4.19. The summed E-state index contributed by atoms with van der Waals surface area (Å²) in [6.45, 7) is 3.44. The Labute approximate surface area is 42.9 Å². The minimum Gasteiger partial charge on any atom is -0.322 e. The Morgan fingerprint density at radius 3 is 2.14 bits per heavy atom. The van der Waals surface area contributed by atoms with E-state index in [4.69, 9.17) is 0 Å². The number of nitrogens with zero attached hydrogens (tertiary/aromatic N) is 1. The molecule has 0 N–H and O–H groups in total. The zero-order chi connectivity index (χ0) is 5.11. The highest BCUT2D eigenvalue weighted by Crippen LogP contribution is 1.84. The molecule has 0 fully saturated rings. The topological polar surface area (TPSA) is 4.93 Å². The number of rotatable bonds is 1. The van der Waals surface area contributed by atoms with Crippen molar-refractivity contribution in [2.24, 2.45) is 0 Å². The van der Waals surface area contributed by atoms with Crippen LogP contribution in [0.25, 0.3) is 0 Å². The molecule has 1 radical (unpaired) electrons. The van der Waals surface area contributed by atoms with Crippen LogP contribution in [0.2, 0.25) is 0 Å². The van der Waals surface area contributed by atoms with E-state index in [1.54, 1.807) is 4.57 Å². The van der Waals surface area contributed by atoms with Gasteiger partial charge in [0.25, 0.3) is 0 Å². The number of hydrogen-bond acceptors (Lipinski definition) is 0. The average Bonchev–Trinajstić information content (AvgIpc) is 2.14. The summed E-state index contributed by atoms with van der Waals surface area (Å²) in [4.78, 5) is 0. The summed E-state index contributed by atoms with van der Waals surface area (Å²) in [6, 6.07) is 3.86. The van der Waals surface area contributed by atoms with Gasteiger partial charge in [-0.2, -0.15) is 0 Å². The summed E-state index contributed by atoms with van der Waals surface area (Å²) in [5.41, 5.74) is 0. The lowest BCUT2D eigenvalue weighted by Gasteiger charge is -1.81. The van der Waals surface area contributed by atoms with Crippen LogP contribution in [-0.4, -0.2) is 4.57 Å². The molecule has 0 spiro atoms.